The largest absolute Gasteiger partial charge is 0.356 e. The Morgan fingerprint density at radius 2 is 2.09 bits per heavy atom. The Kier molecular flexibility index (Phi) is 5.65. The summed E-state index contributed by atoms with van der Waals surface area (Å²) in [4.78, 5) is 31.6. The van der Waals surface area contributed by atoms with Gasteiger partial charge in [-0.05, 0) is 18.6 Å². The summed E-state index contributed by atoms with van der Waals surface area (Å²) in [6.45, 7) is 2.95. The van der Waals surface area contributed by atoms with E-state index in [1.165, 1.54) is 0 Å². The molecule has 0 fully saturated rings. The van der Waals surface area contributed by atoms with Crippen LogP contribution in [0.3, 0.4) is 0 Å². The molecule has 0 aromatic carbocycles. The number of amides is 2. The zero-order chi connectivity index (χ0) is 15.8. The third-order valence-electron chi connectivity index (χ3n) is 2.99. The highest BCUT2D eigenvalue weighted by Gasteiger charge is 2.08. The lowest BCUT2D eigenvalue weighted by Crippen LogP contribution is -2.31. The van der Waals surface area contributed by atoms with Crippen LogP contribution in [-0.2, 0) is 4.79 Å². The average molecular weight is 301 g/mol. The molecule has 0 radical (unpaired) electrons. The van der Waals surface area contributed by atoms with Gasteiger partial charge in [-0.3, -0.25) is 14.2 Å². The molecule has 2 aromatic rings. The molecule has 2 N–H and O–H groups in total. The number of rotatable bonds is 7. The summed E-state index contributed by atoms with van der Waals surface area (Å²) in [6, 6.07) is 3.31. The fourth-order valence-corrected chi connectivity index (χ4v) is 1.84. The molecule has 0 unspecified atom stereocenters. The van der Waals surface area contributed by atoms with E-state index in [4.69, 9.17) is 0 Å². The zero-order valence-electron chi connectivity index (χ0n) is 12.5. The predicted octanol–water partition coefficient (Wildman–Crippen LogP) is 0.913. The van der Waals surface area contributed by atoms with E-state index < -0.39 is 0 Å². The predicted molar refractivity (Wildman–Crippen MR) is 81.6 cm³/mol. The Bertz CT molecular complexity index is 625. The molecule has 0 atom stereocenters. The number of hydrogen-bond donors (Lipinski definition) is 2. The van der Waals surface area contributed by atoms with Crippen LogP contribution in [0.4, 0.5) is 0 Å². The van der Waals surface area contributed by atoms with Crippen molar-refractivity contribution in [3.63, 3.8) is 0 Å². The molecule has 2 heterocycles. The number of hydrogen-bond acceptors (Lipinski definition) is 4. The van der Waals surface area contributed by atoms with Crippen molar-refractivity contribution in [3.8, 4) is 5.82 Å². The minimum absolute atomic E-state index is 0.0593. The quantitative estimate of drug-likeness (QED) is 0.795. The molecule has 2 rings (SSSR count). The highest BCUT2D eigenvalue weighted by molar-refractivity contribution is 5.94. The Labute approximate surface area is 128 Å². The van der Waals surface area contributed by atoms with Crippen molar-refractivity contribution in [2.75, 3.05) is 13.1 Å². The number of carbonyl (C=O) groups excluding carboxylic acids is 2. The molecule has 22 heavy (non-hydrogen) atoms. The normalized spacial score (nSPS) is 10.2. The van der Waals surface area contributed by atoms with Crippen LogP contribution in [0, 0.1) is 0 Å². The van der Waals surface area contributed by atoms with E-state index in [1.54, 1.807) is 41.6 Å². The Morgan fingerprint density at radius 1 is 1.23 bits per heavy atom. The van der Waals surface area contributed by atoms with Gasteiger partial charge in [0.15, 0.2) is 0 Å². The van der Waals surface area contributed by atoms with Crippen LogP contribution in [0.15, 0.2) is 37.1 Å². The fourth-order valence-electron chi connectivity index (χ4n) is 1.84. The third-order valence-corrected chi connectivity index (χ3v) is 2.99. The van der Waals surface area contributed by atoms with Gasteiger partial charge < -0.3 is 10.6 Å². The van der Waals surface area contributed by atoms with Gasteiger partial charge in [0.25, 0.3) is 5.91 Å². The summed E-state index contributed by atoms with van der Waals surface area (Å²) >= 11 is 0. The first kappa shape index (κ1) is 15.7. The van der Waals surface area contributed by atoms with Crippen molar-refractivity contribution in [2.45, 2.75) is 19.8 Å². The first-order valence-corrected chi connectivity index (χ1v) is 7.20. The second kappa shape index (κ2) is 7.92. The van der Waals surface area contributed by atoms with E-state index in [0.717, 1.165) is 6.42 Å². The molecule has 2 amide bonds. The standard InChI is InChI=1S/C15H19N5O2/c1-2-5-18-14(21)4-7-19-15(22)12-3-6-17-13(10-12)20-9-8-16-11-20/h3,6,8-11H,2,4-5,7H2,1H3,(H,18,21)(H,19,22). The smallest absolute Gasteiger partial charge is 0.251 e. The molecule has 0 aliphatic rings. The molecule has 0 aliphatic heterocycles. The van der Waals surface area contributed by atoms with Gasteiger partial charge in [0.2, 0.25) is 5.91 Å². The van der Waals surface area contributed by atoms with Crippen LogP contribution >= 0.6 is 0 Å². The second-order valence-electron chi connectivity index (χ2n) is 4.73. The number of imidazole rings is 1. The van der Waals surface area contributed by atoms with E-state index in [2.05, 4.69) is 20.6 Å². The van der Waals surface area contributed by atoms with E-state index in [9.17, 15) is 9.59 Å². The summed E-state index contributed by atoms with van der Waals surface area (Å²) in [6.07, 6.45) is 7.74. The number of nitrogens with zero attached hydrogens (tertiary/aromatic N) is 3. The molecule has 0 spiro atoms. The maximum Gasteiger partial charge on any atom is 0.251 e. The van der Waals surface area contributed by atoms with Crippen LogP contribution in [-0.4, -0.2) is 39.4 Å². The number of aromatic nitrogens is 3. The average Bonchev–Trinajstić information content (AvgIpc) is 3.07. The molecule has 7 heteroatoms. The third kappa shape index (κ3) is 4.41. The minimum atomic E-state index is -0.230. The van der Waals surface area contributed by atoms with Crippen molar-refractivity contribution in [3.05, 3.63) is 42.6 Å². The van der Waals surface area contributed by atoms with Crippen LogP contribution in [0.2, 0.25) is 0 Å². The molecular weight excluding hydrogens is 282 g/mol. The van der Waals surface area contributed by atoms with Gasteiger partial charge in [0, 0.05) is 43.7 Å². The Hall–Kier alpha value is -2.70. The SMILES string of the molecule is CCCNC(=O)CCNC(=O)c1ccnc(-n2ccnc2)c1. The number of pyridine rings is 1. The molecule has 0 saturated carbocycles. The summed E-state index contributed by atoms with van der Waals surface area (Å²) in [5, 5.41) is 5.49. The lowest BCUT2D eigenvalue weighted by atomic mass is 10.2. The summed E-state index contributed by atoms with van der Waals surface area (Å²) in [5.41, 5.74) is 0.493. The van der Waals surface area contributed by atoms with Crippen LogP contribution in [0.25, 0.3) is 5.82 Å². The van der Waals surface area contributed by atoms with Gasteiger partial charge >= 0.3 is 0 Å². The second-order valence-corrected chi connectivity index (χ2v) is 4.73. The summed E-state index contributed by atoms with van der Waals surface area (Å²) < 4.78 is 1.72. The van der Waals surface area contributed by atoms with Crippen LogP contribution in [0.5, 0.6) is 0 Å². The van der Waals surface area contributed by atoms with E-state index in [-0.39, 0.29) is 18.2 Å². The monoisotopic (exact) mass is 301 g/mol. The van der Waals surface area contributed by atoms with Gasteiger partial charge in [0.1, 0.15) is 12.1 Å². The molecule has 7 nitrogen and oxygen atoms in total. The topological polar surface area (TPSA) is 88.9 Å². The number of carbonyl (C=O) groups is 2. The molecule has 0 aliphatic carbocycles. The molecular formula is C15H19N5O2. The van der Waals surface area contributed by atoms with Gasteiger partial charge in [-0.15, -0.1) is 0 Å². The van der Waals surface area contributed by atoms with Crippen LogP contribution < -0.4 is 10.6 Å². The molecule has 0 saturated heterocycles. The lowest BCUT2D eigenvalue weighted by Gasteiger charge is -2.07. The lowest BCUT2D eigenvalue weighted by molar-refractivity contribution is -0.120. The Balaban J connectivity index is 1.88. The molecule has 116 valence electrons. The van der Waals surface area contributed by atoms with Crippen molar-refractivity contribution in [2.24, 2.45) is 0 Å². The number of nitrogens with one attached hydrogen (secondary N) is 2. The van der Waals surface area contributed by atoms with Crippen molar-refractivity contribution in [1.29, 1.82) is 0 Å². The van der Waals surface area contributed by atoms with Crippen molar-refractivity contribution >= 4 is 11.8 Å². The van der Waals surface area contributed by atoms with Gasteiger partial charge in [-0.1, -0.05) is 6.92 Å². The van der Waals surface area contributed by atoms with Crippen molar-refractivity contribution in [1.82, 2.24) is 25.2 Å². The van der Waals surface area contributed by atoms with Gasteiger partial charge in [0.05, 0.1) is 0 Å². The zero-order valence-corrected chi connectivity index (χ0v) is 12.5. The highest BCUT2D eigenvalue weighted by atomic mass is 16.2. The van der Waals surface area contributed by atoms with E-state index in [0.29, 0.717) is 24.5 Å². The first-order chi connectivity index (χ1) is 10.7. The first-order valence-electron chi connectivity index (χ1n) is 7.20. The maximum atomic E-state index is 12.1. The van der Waals surface area contributed by atoms with E-state index >= 15 is 0 Å². The maximum absolute atomic E-state index is 12.1. The highest BCUT2D eigenvalue weighted by Crippen LogP contribution is 2.06. The van der Waals surface area contributed by atoms with Gasteiger partial charge in [-0.25, -0.2) is 9.97 Å². The van der Waals surface area contributed by atoms with Crippen molar-refractivity contribution < 1.29 is 9.59 Å². The minimum Gasteiger partial charge on any atom is -0.356 e. The van der Waals surface area contributed by atoms with Crippen LogP contribution in [0.1, 0.15) is 30.1 Å². The molecule has 2 aromatic heterocycles. The Morgan fingerprint density at radius 3 is 2.82 bits per heavy atom. The molecule has 0 bridgehead atoms. The van der Waals surface area contributed by atoms with E-state index in [1.807, 2.05) is 6.92 Å². The summed E-state index contributed by atoms with van der Waals surface area (Å²) in [5.74, 6) is 0.328. The fraction of sp³-hybridized carbons (Fsp3) is 0.333. The van der Waals surface area contributed by atoms with Gasteiger partial charge in [-0.2, -0.15) is 0 Å². The summed E-state index contributed by atoms with van der Waals surface area (Å²) in [7, 11) is 0.